The molecule has 0 amide bonds. The lowest BCUT2D eigenvalue weighted by molar-refractivity contribution is -0.154. The second-order valence-electron chi connectivity index (χ2n) is 3.04. The zero-order valence-electron chi connectivity index (χ0n) is 6.97. The summed E-state index contributed by atoms with van der Waals surface area (Å²) in [5.41, 5.74) is 0. The third-order valence-corrected chi connectivity index (χ3v) is 2.35. The maximum Gasteiger partial charge on any atom is 0.182 e. The first-order valence-corrected chi connectivity index (χ1v) is 3.97. The van der Waals surface area contributed by atoms with Gasteiger partial charge < -0.3 is 19.3 Å². The summed E-state index contributed by atoms with van der Waals surface area (Å²) in [7, 11) is 1.46. The molecule has 0 aromatic heterocycles. The molecule has 3 unspecified atom stereocenters. The van der Waals surface area contributed by atoms with E-state index in [1.807, 2.05) is 4.90 Å². The van der Waals surface area contributed by atoms with E-state index in [-0.39, 0.29) is 12.1 Å². The van der Waals surface area contributed by atoms with E-state index in [1.165, 1.54) is 7.11 Å². The van der Waals surface area contributed by atoms with Gasteiger partial charge in [0.25, 0.3) is 0 Å². The fourth-order valence-corrected chi connectivity index (χ4v) is 1.63. The van der Waals surface area contributed by atoms with E-state index >= 15 is 0 Å². The zero-order chi connectivity index (χ0) is 8.55. The van der Waals surface area contributed by atoms with Gasteiger partial charge >= 0.3 is 0 Å². The molecule has 2 aliphatic rings. The molecule has 12 heavy (non-hydrogen) atoms. The van der Waals surface area contributed by atoms with Crippen LogP contribution in [0.25, 0.3) is 0 Å². The van der Waals surface area contributed by atoms with Gasteiger partial charge in [0, 0.05) is 7.11 Å². The maximum absolute atomic E-state index is 9.38. The fraction of sp³-hybridized carbons (Fsp3) is 1.00. The number of rotatable bonds is 2. The summed E-state index contributed by atoms with van der Waals surface area (Å²) in [5.74, 6) is 0. The van der Waals surface area contributed by atoms with Crippen LogP contribution in [-0.4, -0.2) is 55.6 Å². The Balaban J connectivity index is 1.99. The third kappa shape index (κ3) is 1.23. The molecule has 2 saturated heterocycles. The molecule has 5 nitrogen and oxygen atoms in total. The number of hydrogen-bond acceptors (Lipinski definition) is 5. The number of aliphatic hydroxyl groups excluding tert-OH is 1. The first-order valence-electron chi connectivity index (χ1n) is 3.97. The van der Waals surface area contributed by atoms with Crippen molar-refractivity contribution in [3.63, 3.8) is 0 Å². The van der Waals surface area contributed by atoms with E-state index in [4.69, 9.17) is 14.2 Å². The molecule has 2 rings (SSSR count). The molecule has 1 N–H and O–H groups in total. The summed E-state index contributed by atoms with van der Waals surface area (Å²) >= 11 is 0. The van der Waals surface area contributed by atoms with Gasteiger partial charge in [0.2, 0.25) is 0 Å². The van der Waals surface area contributed by atoms with Gasteiger partial charge in [-0.2, -0.15) is 0 Å². The number of ether oxygens (including phenoxy) is 3. The van der Waals surface area contributed by atoms with Crippen molar-refractivity contribution in [1.29, 1.82) is 0 Å². The molecule has 0 aromatic rings. The summed E-state index contributed by atoms with van der Waals surface area (Å²) in [4.78, 5) is 2.03. The summed E-state index contributed by atoms with van der Waals surface area (Å²) in [6.45, 7) is 1.73. The Labute approximate surface area is 70.8 Å². The number of methoxy groups -OCH3 is 1. The van der Waals surface area contributed by atoms with Crippen molar-refractivity contribution in [2.24, 2.45) is 0 Å². The van der Waals surface area contributed by atoms with Gasteiger partial charge in [0.1, 0.15) is 19.6 Å². The Kier molecular flexibility index (Phi) is 2.29. The summed E-state index contributed by atoms with van der Waals surface area (Å²) in [5, 5.41) is 9.38. The van der Waals surface area contributed by atoms with Crippen molar-refractivity contribution in [3.8, 4) is 0 Å². The van der Waals surface area contributed by atoms with E-state index in [2.05, 4.69) is 0 Å². The number of fused-ring (bicyclic) bond motifs is 1. The average Bonchev–Trinajstić information content (AvgIpc) is 2.62. The molecular formula is C7H13NO4. The van der Waals surface area contributed by atoms with Crippen molar-refractivity contribution in [3.05, 3.63) is 0 Å². The largest absolute Gasteiger partial charge is 0.366 e. The van der Waals surface area contributed by atoms with Gasteiger partial charge in [-0.3, -0.25) is 0 Å². The normalized spacial score (nSPS) is 38.5. The minimum absolute atomic E-state index is 0.153. The maximum atomic E-state index is 9.38. The minimum Gasteiger partial charge on any atom is -0.366 e. The number of nitrogens with zero attached hydrogens (tertiary/aromatic N) is 1. The number of aliphatic hydroxyl groups is 1. The molecule has 2 aliphatic heterocycles. The SMILES string of the molecule is COC(O)C1OCN2COCC12. The predicted octanol–water partition coefficient (Wildman–Crippen LogP) is -1.03. The standard InChI is InChI=1S/C7H13NO4/c1-10-7(9)6-5-2-11-3-8(5)4-12-6/h5-7,9H,2-4H2,1H3. The summed E-state index contributed by atoms with van der Waals surface area (Å²) in [6, 6.07) is 0.153. The number of hydrogen-bond donors (Lipinski definition) is 1. The summed E-state index contributed by atoms with van der Waals surface area (Å²) in [6.07, 6.45) is -1.11. The molecular weight excluding hydrogens is 162 g/mol. The lowest BCUT2D eigenvalue weighted by Crippen LogP contribution is -2.40. The third-order valence-electron chi connectivity index (χ3n) is 2.35. The van der Waals surface area contributed by atoms with Crippen LogP contribution < -0.4 is 0 Å². The van der Waals surface area contributed by atoms with Crippen LogP contribution >= 0.6 is 0 Å². The molecule has 0 aromatic carbocycles. The van der Waals surface area contributed by atoms with Gasteiger partial charge in [-0.25, -0.2) is 4.90 Å². The van der Waals surface area contributed by atoms with Crippen molar-refractivity contribution in [2.75, 3.05) is 27.2 Å². The van der Waals surface area contributed by atoms with E-state index < -0.39 is 6.29 Å². The second kappa shape index (κ2) is 3.27. The van der Waals surface area contributed by atoms with Gasteiger partial charge in [-0.05, 0) is 0 Å². The molecule has 0 saturated carbocycles. The smallest absolute Gasteiger partial charge is 0.182 e. The van der Waals surface area contributed by atoms with Crippen LogP contribution in [0.2, 0.25) is 0 Å². The minimum atomic E-state index is -0.846. The van der Waals surface area contributed by atoms with Gasteiger partial charge in [0.15, 0.2) is 6.29 Å². The van der Waals surface area contributed by atoms with Gasteiger partial charge in [-0.15, -0.1) is 0 Å². The Bertz CT molecular complexity index is 165. The van der Waals surface area contributed by atoms with Crippen LogP contribution in [0.3, 0.4) is 0 Å². The van der Waals surface area contributed by atoms with Crippen molar-refractivity contribution in [1.82, 2.24) is 4.90 Å². The lowest BCUT2D eigenvalue weighted by atomic mass is 10.2. The van der Waals surface area contributed by atoms with Crippen LogP contribution in [0.4, 0.5) is 0 Å². The molecule has 0 aliphatic carbocycles. The molecule has 0 bridgehead atoms. The summed E-state index contributed by atoms with van der Waals surface area (Å²) < 4.78 is 15.3. The average molecular weight is 175 g/mol. The highest BCUT2D eigenvalue weighted by Crippen LogP contribution is 2.24. The van der Waals surface area contributed by atoms with Crippen LogP contribution in [0.1, 0.15) is 0 Å². The molecule has 2 heterocycles. The highest BCUT2D eigenvalue weighted by Gasteiger charge is 2.42. The van der Waals surface area contributed by atoms with Gasteiger partial charge in [0.05, 0.1) is 12.6 Å². The Morgan fingerprint density at radius 1 is 1.58 bits per heavy atom. The Morgan fingerprint density at radius 2 is 2.42 bits per heavy atom. The molecule has 2 fully saturated rings. The topological polar surface area (TPSA) is 51.2 Å². The molecule has 5 heteroatoms. The van der Waals surface area contributed by atoms with Crippen LogP contribution in [0.15, 0.2) is 0 Å². The quantitative estimate of drug-likeness (QED) is 0.544. The monoisotopic (exact) mass is 175 g/mol. The fourth-order valence-electron chi connectivity index (χ4n) is 1.63. The Hall–Kier alpha value is -0.200. The first-order chi connectivity index (χ1) is 5.83. The zero-order valence-corrected chi connectivity index (χ0v) is 6.97. The van der Waals surface area contributed by atoms with Crippen molar-refractivity contribution in [2.45, 2.75) is 18.4 Å². The van der Waals surface area contributed by atoms with E-state index in [9.17, 15) is 5.11 Å². The molecule has 0 spiro atoms. The van der Waals surface area contributed by atoms with E-state index in [0.717, 1.165) is 0 Å². The highest BCUT2D eigenvalue weighted by molar-refractivity contribution is 4.87. The lowest BCUT2D eigenvalue weighted by Gasteiger charge is -2.19. The first kappa shape index (κ1) is 8.40. The molecule has 0 radical (unpaired) electrons. The van der Waals surface area contributed by atoms with E-state index in [0.29, 0.717) is 20.1 Å². The van der Waals surface area contributed by atoms with Gasteiger partial charge in [-0.1, -0.05) is 0 Å². The molecule has 3 atom stereocenters. The predicted molar refractivity (Wildman–Crippen MR) is 39.2 cm³/mol. The highest BCUT2D eigenvalue weighted by atomic mass is 16.6. The molecule has 70 valence electrons. The van der Waals surface area contributed by atoms with Crippen molar-refractivity contribution < 1.29 is 19.3 Å². The Morgan fingerprint density at radius 3 is 3.17 bits per heavy atom. The van der Waals surface area contributed by atoms with Crippen LogP contribution in [0.5, 0.6) is 0 Å². The van der Waals surface area contributed by atoms with E-state index in [1.54, 1.807) is 0 Å². The van der Waals surface area contributed by atoms with Crippen LogP contribution in [-0.2, 0) is 14.2 Å². The van der Waals surface area contributed by atoms with Crippen molar-refractivity contribution >= 4 is 0 Å². The second-order valence-corrected chi connectivity index (χ2v) is 3.04. The van der Waals surface area contributed by atoms with Crippen LogP contribution in [0, 0.1) is 0 Å².